The molecular formula is C19H29N3O3. The van der Waals surface area contributed by atoms with Crippen LogP contribution in [0.15, 0.2) is 12.3 Å². The molecule has 6 heteroatoms. The molecule has 3 aliphatic rings. The van der Waals surface area contributed by atoms with E-state index in [1.54, 1.807) is 18.0 Å². The van der Waals surface area contributed by atoms with Crippen molar-refractivity contribution in [2.75, 3.05) is 20.3 Å². The number of amides is 1. The fraction of sp³-hybridized carbons (Fsp3) is 0.789. The Morgan fingerprint density at radius 1 is 1.36 bits per heavy atom. The average Bonchev–Trinajstić information content (AvgIpc) is 3.21. The average molecular weight is 347 g/mol. The number of carbonyl (C=O) groups excluding carboxylic acids is 1. The van der Waals surface area contributed by atoms with Gasteiger partial charge in [-0.1, -0.05) is 0 Å². The van der Waals surface area contributed by atoms with Crippen LogP contribution < -0.4 is 0 Å². The standard InChI is InChI=1S/C19H29N3O3/c1-3-22-16(7-10-20-22)18(23)21-11-9-19(24-2)8-6-15(12-17(19)21)25-13-14-4-5-14/h7,10,14-15,17H,3-6,8-9,11-13H2,1-2H3/t15?,17?,19-/m1/s1. The van der Waals surface area contributed by atoms with Gasteiger partial charge in [-0.2, -0.15) is 5.10 Å². The van der Waals surface area contributed by atoms with E-state index in [-0.39, 0.29) is 23.7 Å². The van der Waals surface area contributed by atoms with Crippen LogP contribution in [-0.2, 0) is 16.0 Å². The summed E-state index contributed by atoms with van der Waals surface area (Å²) >= 11 is 0. The second-order valence-corrected chi connectivity index (χ2v) is 7.74. The van der Waals surface area contributed by atoms with Gasteiger partial charge in [0.25, 0.3) is 5.91 Å². The first kappa shape index (κ1) is 17.0. The molecule has 6 nitrogen and oxygen atoms in total. The Morgan fingerprint density at radius 3 is 2.92 bits per heavy atom. The van der Waals surface area contributed by atoms with Crippen molar-refractivity contribution in [2.45, 2.75) is 69.7 Å². The molecule has 25 heavy (non-hydrogen) atoms. The molecule has 2 aliphatic carbocycles. The Kier molecular flexibility index (Phi) is 4.58. The lowest BCUT2D eigenvalue weighted by Gasteiger charge is -2.43. The number of fused-ring (bicyclic) bond motifs is 1. The minimum Gasteiger partial charge on any atom is -0.378 e. The molecule has 0 aromatic carbocycles. The molecule has 0 radical (unpaired) electrons. The Morgan fingerprint density at radius 2 is 2.20 bits per heavy atom. The summed E-state index contributed by atoms with van der Waals surface area (Å²) in [5.41, 5.74) is 0.474. The van der Waals surface area contributed by atoms with E-state index >= 15 is 0 Å². The van der Waals surface area contributed by atoms with Gasteiger partial charge < -0.3 is 14.4 Å². The van der Waals surface area contributed by atoms with Gasteiger partial charge >= 0.3 is 0 Å². The van der Waals surface area contributed by atoms with Crippen molar-refractivity contribution in [1.29, 1.82) is 0 Å². The molecule has 2 unspecified atom stereocenters. The fourth-order valence-electron chi connectivity index (χ4n) is 4.53. The molecule has 1 aromatic heterocycles. The van der Waals surface area contributed by atoms with Crippen molar-refractivity contribution in [3.8, 4) is 0 Å². The Bertz CT molecular complexity index is 627. The molecule has 2 heterocycles. The number of rotatable bonds is 6. The Hall–Kier alpha value is -1.40. The highest BCUT2D eigenvalue weighted by atomic mass is 16.5. The number of aromatic nitrogens is 2. The molecule has 1 aliphatic heterocycles. The SMILES string of the molecule is CCn1nccc1C(=O)N1CC[C@]2(OC)CCC(OCC3CC3)CC12. The summed E-state index contributed by atoms with van der Waals surface area (Å²) in [6.07, 6.45) is 8.37. The third-order valence-corrected chi connectivity index (χ3v) is 6.30. The monoisotopic (exact) mass is 347 g/mol. The normalized spacial score (nSPS) is 32.0. The van der Waals surface area contributed by atoms with Gasteiger partial charge in [0.05, 0.1) is 17.7 Å². The minimum absolute atomic E-state index is 0.0751. The molecule has 138 valence electrons. The van der Waals surface area contributed by atoms with E-state index in [9.17, 15) is 4.79 Å². The number of methoxy groups -OCH3 is 1. The maximum absolute atomic E-state index is 13.2. The Balaban J connectivity index is 1.51. The lowest BCUT2D eigenvalue weighted by atomic mass is 9.79. The first-order valence-electron chi connectivity index (χ1n) is 9.66. The molecule has 0 bridgehead atoms. The van der Waals surface area contributed by atoms with Crippen LogP contribution >= 0.6 is 0 Å². The molecule has 1 aromatic rings. The molecular weight excluding hydrogens is 318 g/mol. The number of aryl methyl sites for hydroxylation is 1. The maximum Gasteiger partial charge on any atom is 0.272 e. The topological polar surface area (TPSA) is 56.6 Å². The predicted molar refractivity (Wildman–Crippen MR) is 93.4 cm³/mol. The van der Waals surface area contributed by atoms with Gasteiger partial charge in [0.1, 0.15) is 5.69 Å². The lowest BCUT2D eigenvalue weighted by molar-refractivity contribution is -0.0977. The Labute approximate surface area is 149 Å². The van der Waals surface area contributed by atoms with Gasteiger partial charge in [-0.3, -0.25) is 9.48 Å². The van der Waals surface area contributed by atoms with Crippen molar-refractivity contribution in [3.63, 3.8) is 0 Å². The lowest BCUT2D eigenvalue weighted by Crippen LogP contribution is -2.53. The molecule has 2 saturated carbocycles. The molecule has 3 fully saturated rings. The predicted octanol–water partition coefficient (Wildman–Crippen LogP) is 2.48. The largest absolute Gasteiger partial charge is 0.378 e. The van der Waals surface area contributed by atoms with E-state index in [0.29, 0.717) is 12.2 Å². The summed E-state index contributed by atoms with van der Waals surface area (Å²) < 4.78 is 13.9. The highest BCUT2D eigenvalue weighted by Crippen LogP contribution is 2.44. The van der Waals surface area contributed by atoms with Crippen LogP contribution in [0.4, 0.5) is 0 Å². The third-order valence-electron chi connectivity index (χ3n) is 6.30. The summed E-state index contributed by atoms with van der Waals surface area (Å²) in [6, 6.07) is 1.92. The van der Waals surface area contributed by atoms with Crippen LogP contribution in [0.5, 0.6) is 0 Å². The number of hydrogen-bond acceptors (Lipinski definition) is 4. The summed E-state index contributed by atoms with van der Waals surface area (Å²) in [5.74, 6) is 0.848. The van der Waals surface area contributed by atoms with Gasteiger partial charge in [0.2, 0.25) is 0 Å². The van der Waals surface area contributed by atoms with Gasteiger partial charge in [-0.25, -0.2) is 0 Å². The number of likely N-dealkylation sites (tertiary alicyclic amines) is 1. The summed E-state index contributed by atoms with van der Waals surface area (Å²) in [6.45, 7) is 4.35. The molecule has 4 rings (SSSR count). The van der Waals surface area contributed by atoms with Crippen molar-refractivity contribution < 1.29 is 14.3 Å². The first-order valence-corrected chi connectivity index (χ1v) is 9.66. The van der Waals surface area contributed by atoms with Gasteiger partial charge in [-0.15, -0.1) is 0 Å². The number of carbonyl (C=O) groups is 1. The van der Waals surface area contributed by atoms with Crippen molar-refractivity contribution in [3.05, 3.63) is 18.0 Å². The van der Waals surface area contributed by atoms with E-state index in [4.69, 9.17) is 9.47 Å². The second kappa shape index (κ2) is 6.72. The van der Waals surface area contributed by atoms with Crippen LogP contribution in [0.3, 0.4) is 0 Å². The quantitative estimate of drug-likeness (QED) is 0.793. The third kappa shape index (κ3) is 3.10. The molecule has 0 spiro atoms. The van der Waals surface area contributed by atoms with Gasteiger partial charge in [0.15, 0.2) is 0 Å². The van der Waals surface area contributed by atoms with Crippen LogP contribution in [-0.4, -0.2) is 58.6 Å². The van der Waals surface area contributed by atoms with E-state index in [2.05, 4.69) is 5.10 Å². The minimum atomic E-state index is -0.202. The fourth-order valence-corrected chi connectivity index (χ4v) is 4.53. The highest BCUT2D eigenvalue weighted by Gasteiger charge is 2.53. The zero-order chi connectivity index (χ0) is 17.4. The van der Waals surface area contributed by atoms with Crippen LogP contribution in [0.1, 0.15) is 55.9 Å². The van der Waals surface area contributed by atoms with Crippen LogP contribution in [0.2, 0.25) is 0 Å². The van der Waals surface area contributed by atoms with E-state index < -0.39 is 0 Å². The van der Waals surface area contributed by atoms with E-state index in [1.807, 2.05) is 17.9 Å². The second-order valence-electron chi connectivity index (χ2n) is 7.74. The van der Waals surface area contributed by atoms with Crippen LogP contribution in [0, 0.1) is 5.92 Å². The first-order chi connectivity index (χ1) is 12.2. The number of hydrogen-bond donors (Lipinski definition) is 0. The smallest absolute Gasteiger partial charge is 0.272 e. The van der Waals surface area contributed by atoms with E-state index in [0.717, 1.165) is 44.8 Å². The summed E-state index contributed by atoms with van der Waals surface area (Å²) in [5, 5.41) is 4.25. The van der Waals surface area contributed by atoms with Crippen LogP contribution in [0.25, 0.3) is 0 Å². The maximum atomic E-state index is 13.2. The zero-order valence-electron chi connectivity index (χ0n) is 15.3. The van der Waals surface area contributed by atoms with Gasteiger partial charge in [0, 0.05) is 33.0 Å². The van der Waals surface area contributed by atoms with E-state index in [1.165, 1.54) is 12.8 Å². The molecule has 0 N–H and O–H groups in total. The summed E-state index contributed by atoms with van der Waals surface area (Å²) in [4.78, 5) is 15.2. The summed E-state index contributed by atoms with van der Waals surface area (Å²) in [7, 11) is 1.79. The zero-order valence-corrected chi connectivity index (χ0v) is 15.3. The van der Waals surface area contributed by atoms with Crippen molar-refractivity contribution in [2.24, 2.45) is 5.92 Å². The van der Waals surface area contributed by atoms with Crippen molar-refractivity contribution >= 4 is 5.91 Å². The highest BCUT2D eigenvalue weighted by molar-refractivity contribution is 5.93. The molecule has 1 amide bonds. The molecule has 1 saturated heterocycles. The number of nitrogens with zero attached hydrogens (tertiary/aromatic N) is 3. The molecule has 3 atom stereocenters. The number of ether oxygens (including phenoxy) is 2. The van der Waals surface area contributed by atoms with Crippen molar-refractivity contribution in [1.82, 2.24) is 14.7 Å². The van der Waals surface area contributed by atoms with Gasteiger partial charge in [-0.05, 0) is 57.4 Å².